The van der Waals surface area contributed by atoms with Crippen LogP contribution in [0, 0.1) is 17.6 Å². The molecule has 1 aromatic rings. The Morgan fingerprint density at radius 1 is 1.35 bits per heavy atom. The molecule has 1 fully saturated rings. The predicted molar refractivity (Wildman–Crippen MR) is 76.1 cm³/mol. The molecule has 3 atom stereocenters. The summed E-state index contributed by atoms with van der Waals surface area (Å²) < 4.78 is 26.3. The molecule has 20 heavy (non-hydrogen) atoms. The van der Waals surface area contributed by atoms with E-state index in [2.05, 4.69) is 17.6 Å². The molecule has 3 nitrogen and oxygen atoms in total. The maximum atomic E-state index is 13.5. The number of nitrogens with one attached hydrogen (secondary N) is 2. The molecule has 1 aromatic carbocycles. The number of carbonyl (C=O) groups excluding carboxylic acids is 1. The molecule has 112 valence electrons. The average molecular weight is 305 g/mol. The Bertz CT molecular complexity index is 474. The van der Waals surface area contributed by atoms with Gasteiger partial charge in [-0.05, 0) is 37.9 Å². The van der Waals surface area contributed by atoms with Crippen LogP contribution in [0.2, 0.25) is 0 Å². The van der Waals surface area contributed by atoms with Gasteiger partial charge in [-0.2, -0.15) is 0 Å². The van der Waals surface area contributed by atoms with Crippen molar-refractivity contribution in [3.63, 3.8) is 0 Å². The molecule has 0 spiro atoms. The van der Waals surface area contributed by atoms with Crippen molar-refractivity contribution in [3.8, 4) is 0 Å². The highest BCUT2D eigenvalue weighted by Crippen LogP contribution is 2.17. The largest absolute Gasteiger partial charge is 0.347 e. The van der Waals surface area contributed by atoms with Gasteiger partial charge in [-0.15, -0.1) is 12.4 Å². The number of rotatable bonds is 2. The summed E-state index contributed by atoms with van der Waals surface area (Å²) in [5, 5.41) is 6.11. The molecular weight excluding hydrogens is 286 g/mol. The molecule has 6 heteroatoms. The van der Waals surface area contributed by atoms with Crippen LogP contribution >= 0.6 is 12.4 Å². The second-order valence-electron chi connectivity index (χ2n) is 5.13. The highest BCUT2D eigenvalue weighted by Gasteiger charge is 2.29. The van der Waals surface area contributed by atoms with E-state index >= 15 is 0 Å². The minimum absolute atomic E-state index is 0. The third-order valence-electron chi connectivity index (χ3n) is 3.69. The summed E-state index contributed by atoms with van der Waals surface area (Å²) in [5.41, 5.74) is -0.119. The molecule has 3 unspecified atom stereocenters. The van der Waals surface area contributed by atoms with Crippen molar-refractivity contribution in [2.45, 2.75) is 32.4 Å². The second-order valence-corrected chi connectivity index (χ2v) is 5.13. The molecule has 0 saturated carbocycles. The SMILES string of the molecule is CC1CCNC(C)C1NC(=O)c1ccc(F)cc1F.Cl. The second kappa shape index (κ2) is 6.99. The quantitative estimate of drug-likeness (QED) is 0.881. The first-order valence-corrected chi connectivity index (χ1v) is 6.48. The average Bonchev–Trinajstić information content (AvgIpc) is 2.33. The topological polar surface area (TPSA) is 41.1 Å². The normalized spacial score (nSPS) is 25.7. The summed E-state index contributed by atoms with van der Waals surface area (Å²) in [6, 6.07) is 3.07. The van der Waals surface area contributed by atoms with Crippen LogP contribution in [-0.2, 0) is 0 Å². The zero-order chi connectivity index (χ0) is 14.0. The van der Waals surface area contributed by atoms with Gasteiger partial charge in [-0.25, -0.2) is 8.78 Å². The summed E-state index contributed by atoms with van der Waals surface area (Å²) in [7, 11) is 0. The fourth-order valence-corrected chi connectivity index (χ4v) is 2.51. The first kappa shape index (κ1) is 16.9. The molecule has 0 radical (unpaired) electrons. The van der Waals surface area contributed by atoms with Crippen LogP contribution in [-0.4, -0.2) is 24.5 Å². The van der Waals surface area contributed by atoms with Crippen molar-refractivity contribution in [3.05, 3.63) is 35.4 Å². The summed E-state index contributed by atoms with van der Waals surface area (Å²) in [5.74, 6) is -1.69. The molecule has 1 heterocycles. The van der Waals surface area contributed by atoms with E-state index in [1.54, 1.807) is 0 Å². The Balaban J connectivity index is 0.00000200. The Hall–Kier alpha value is -1.20. The first-order chi connectivity index (χ1) is 8.99. The highest BCUT2D eigenvalue weighted by atomic mass is 35.5. The summed E-state index contributed by atoms with van der Waals surface area (Å²) in [6.45, 7) is 4.96. The molecule has 1 aliphatic rings. The van der Waals surface area contributed by atoms with Gasteiger partial charge in [0.1, 0.15) is 11.6 Å². The fourth-order valence-electron chi connectivity index (χ4n) is 2.51. The molecule has 0 aromatic heterocycles. The fraction of sp³-hybridized carbons (Fsp3) is 0.500. The number of halogens is 3. The highest BCUT2D eigenvalue weighted by molar-refractivity contribution is 5.94. The number of piperidine rings is 1. The lowest BCUT2D eigenvalue weighted by Crippen LogP contribution is -2.56. The first-order valence-electron chi connectivity index (χ1n) is 6.48. The van der Waals surface area contributed by atoms with E-state index < -0.39 is 17.5 Å². The molecular formula is C14H19ClF2N2O. The number of hydrogen-bond donors (Lipinski definition) is 2. The molecule has 0 aliphatic carbocycles. The van der Waals surface area contributed by atoms with Crippen molar-refractivity contribution < 1.29 is 13.6 Å². The summed E-state index contributed by atoms with van der Waals surface area (Å²) in [4.78, 5) is 12.0. The third-order valence-corrected chi connectivity index (χ3v) is 3.69. The van der Waals surface area contributed by atoms with Crippen molar-refractivity contribution in [2.24, 2.45) is 5.92 Å². The molecule has 1 amide bonds. The van der Waals surface area contributed by atoms with Crippen molar-refractivity contribution in [1.82, 2.24) is 10.6 Å². The predicted octanol–water partition coefficient (Wildman–Crippen LogP) is 2.50. The van der Waals surface area contributed by atoms with Crippen LogP contribution in [0.1, 0.15) is 30.6 Å². The Labute approximate surface area is 123 Å². The van der Waals surface area contributed by atoms with E-state index in [1.807, 2.05) is 6.92 Å². The van der Waals surface area contributed by atoms with Crippen LogP contribution in [0.25, 0.3) is 0 Å². The van der Waals surface area contributed by atoms with Gasteiger partial charge >= 0.3 is 0 Å². The van der Waals surface area contributed by atoms with E-state index in [1.165, 1.54) is 6.07 Å². The number of amides is 1. The molecule has 0 bridgehead atoms. The van der Waals surface area contributed by atoms with E-state index in [4.69, 9.17) is 0 Å². The van der Waals surface area contributed by atoms with E-state index in [0.717, 1.165) is 25.1 Å². The number of benzene rings is 1. The van der Waals surface area contributed by atoms with Gasteiger partial charge in [-0.1, -0.05) is 6.92 Å². The standard InChI is InChI=1S/C14H18F2N2O.ClH/c1-8-5-6-17-9(2)13(8)18-14(19)11-4-3-10(15)7-12(11)16;/h3-4,7-9,13,17H,5-6H2,1-2H3,(H,18,19);1H. The van der Waals surface area contributed by atoms with Gasteiger partial charge < -0.3 is 10.6 Å². The maximum Gasteiger partial charge on any atom is 0.254 e. The summed E-state index contributed by atoms with van der Waals surface area (Å²) in [6.07, 6.45) is 0.960. The minimum atomic E-state index is -0.832. The minimum Gasteiger partial charge on any atom is -0.347 e. The zero-order valence-corrected chi connectivity index (χ0v) is 12.3. The Morgan fingerprint density at radius 3 is 2.65 bits per heavy atom. The van der Waals surface area contributed by atoms with Gasteiger partial charge in [0.05, 0.1) is 5.56 Å². The summed E-state index contributed by atoms with van der Waals surface area (Å²) >= 11 is 0. The number of hydrogen-bond acceptors (Lipinski definition) is 2. The van der Waals surface area contributed by atoms with Crippen LogP contribution in [0.5, 0.6) is 0 Å². The van der Waals surface area contributed by atoms with Gasteiger partial charge in [0, 0.05) is 18.2 Å². The van der Waals surface area contributed by atoms with E-state index in [9.17, 15) is 13.6 Å². The van der Waals surface area contributed by atoms with Crippen molar-refractivity contribution >= 4 is 18.3 Å². The third kappa shape index (κ3) is 3.67. The van der Waals surface area contributed by atoms with Crippen molar-refractivity contribution in [1.29, 1.82) is 0 Å². The van der Waals surface area contributed by atoms with Crippen LogP contribution in [0.3, 0.4) is 0 Å². The van der Waals surface area contributed by atoms with Gasteiger partial charge in [0.25, 0.3) is 5.91 Å². The Kier molecular flexibility index (Phi) is 5.89. The van der Waals surface area contributed by atoms with Crippen LogP contribution in [0.15, 0.2) is 18.2 Å². The van der Waals surface area contributed by atoms with Gasteiger partial charge in [0.2, 0.25) is 0 Å². The van der Waals surface area contributed by atoms with Crippen LogP contribution < -0.4 is 10.6 Å². The smallest absolute Gasteiger partial charge is 0.254 e. The lowest BCUT2D eigenvalue weighted by Gasteiger charge is -2.36. The number of carbonyl (C=O) groups is 1. The lowest BCUT2D eigenvalue weighted by molar-refractivity contribution is 0.0893. The van der Waals surface area contributed by atoms with Gasteiger partial charge in [0.15, 0.2) is 0 Å². The monoisotopic (exact) mass is 304 g/mol. The van der Waals surface area contributed by atoms with Crippen LogP contribution in [0.4, 0.5) is 8.78 Å². The molecule has 2 N–H and O–H groups in total. The van der Waals surface area contributed by atoms with E-state index in [-0.39, 0.29) is 30.1 Å². The molecule has 1 aliphatic heterocycles. The lowest BCUT2D eigenvalue weighted by atomic mass is 9.89. The van der Waals surface area contributed by atoms with Gasteiger partial charge in [-0.3, -0.25) is 4.79 Å². The maximum absolute atomic E-state index is 13.5. The molecule has 1 saturated heterocycles. The van der Waals surface area contributed by atoms with Crippen molar-refractivity contribution in [2.75, 3.05) is 6.54 Å². The zero-order valence-electron chi connectivity index (χ0n) is 11.5. The molecule has 2 rings (SSSR count). The Morgan fingerprint density at radius 2 is 2.05 bits per heavy atom. The van der Waals surface area contributed by atoms with E-state index in [0.29, 0.717) is 5.92 Å².